The van der Waals surface area contributed by atoms with Crippen molar-refractivity contribution in [3.8, 4) is 11.5 Å². The van der Waals surface area contributed by atoms with E-state index >= 15 is 0 Å². The first-order chi connectivity index (χ1) is 17.0. The predicted molar refractivity (Wildman–Crippen MR) is 134 cm³/mol. The number of nitrogens with zero attached hydrogens (tertiary/aromatic N) is 2. The molecule has 0 bridgehead atoms. The maximum Gasteiger partial charge on any atom is 0.230 e. The second-order valence-electron chi connectivity index (χ2n) is 7.93. The molecule has 6 heteroatoms. The molecule has 0 atom stereocenters. The van der Waals surface area contributed by atoms with Crippen molar-refractivity contribution >= 4 is 22.9 Å². The van der Waals surface area contributed by atoms with Crippen LogP contribution in [0.15, 0.2) is 107 Å². The molecule has 0 heterocycles. The SMILES string of the molecule is CC(=O)c1cc(OCOc2ccc(N=Nc3ccc(C)cc3)cc2)cc(C(=O)c2ccccc2)c1. The molecule has 0 N–H and O–H groups in total. The number of carbonyl (C=O) groups is 2. The van der Waals surface area contributed by atoms with Crippen LogP contribution in [0, 0.1) is 6.92 Å². The van der Waals surface area contributed by atoms with Gasteiger partial charge in [-0.15, -0.1) is 0 Å². The van der Waals surface area contributed by atoms with Crippen molar-refractivity contribution in [3.05, 3.63) is 119 Å². The molecule has 0 aliphatic heterocycles. The summed E-state index contributed by atoms with van der Waals surface area (Å²) in [5, 5.41) is 8.45. The first-order valence-electron chi connectivity index (χ1n) is 11.1. The van der Waals surface area contributed by atoms with Gasteiger partial charge in [-0.2, -0.15) is 10.2 Å². The molecule has 4 aromatic rings. The Morgan fingerprint density at radius 3 is 1.86 bits per heavy atom. The summed E-state index contributed by atoms with van der Waals surface area (Å²) >= 11 is 0. The Hall–Kier alpha value is -4.58. The van der Waals surface area contributed by atoms with Crippen molar-refractivity contribution < 1.29 is 19.1 Å². The summed E-state index contributed by atoms with van der Waals surface area (Å²) in [6.45, 7) is 3.38. The molecule has 0 aliphatic rings. The summed E-state index contributed by atoms with van der Waals surface area (Å²) in [6, 6.07) is 28.6. The van der Waals surface area contributed by atoms with Crippen molar-refractivity contribution in [2.45, 2.75) is 13.8 Å². The predicted octanol–water partition coefficient (Wildman–Crippen LogP) is 7.26. The van der Waals surface area contributed by atoms with Gasteiger partial charge in [-0.3, -0.25) is 9.59 Å². The van der Waals surface area contributed by atoms with Gasteiger partial charge >= 0.3 is 0 Å². The van der Waals surface area contributed by atoms with Crippen LogP contribution in [-0.2, 0) is 0 Å². The monoisotopic (exact) mass is 464 g/mol. The molecule has 0 saturated carbocycles. The van der Waals surface area contributed by atoms with Crippen LogP contribution in [0.4, 0.5) is 11.4 Å². The highest BCUT2D eigenvalue weighted by molar-refractivity contribution is 6.10. The van der Waals surface area contributed by atoms with Gasteiger partial charge in [-0.05, 0) is 68.4 Å². The molecule has 6 nitrogen and oxygen atoms in total. The van der Waals surface area contributed by atoms with Gasteiger partial charge in [0.1, 0.15) is 11.5 Å². The topological polar surface area (TPSA) is 77.3 Å². The molecule has 0 amide bonds. The molecular weight excluding hydrogens is 440 g/mol. The van der Waals surface area contributed by atoms with Crippen molar-refractivity contribution in [2.75, 3.05) is 6.79 Å². The van der Waals surface area contributed by atoms with Crippen LogP contribution in [0.25, 0.3) is 0 Å². The summed E-state index contributed by atoms with van der Waals surface area (Å²) in [5.74, 6) is 0.617. The van der Waals surface area contributed by atoms with Crippen molar-refractivity contribution in [1.29, 1.82) is 0 Å². The van der Waals surface area contributed by atoms with E-state index in [-0.39, 0.29) is 18.4 Å². The second kappa shape index (κ2) is 11.0. The highest BCUT2D eigenvalue weighted by atomic mass is 16.7. The minimum absolute atomic E-state index is 0.0927. The average Bonchev–Trinajstić information content (AvgIpc) is 2.89. The van der Waals surface area contributed by atoms with Gasteiger partial charge in [0.25, 0.3) is 0 Å². The third kappa shape index (κ3) is 6.48. The van der Waals surface area contributed by atoms with E-state index in [0.29, 0.717) is 33.9 Å². The quantitative estimate of drug-likeness (QED) is 0.148. The lowest BCUT2D eigenvalue weighted by molar-refractivity contribution is 0.101. The Labute approximate surface area is 203 Å². The van der Waals surface area contributed by atoms with Crippen molar-refractivity contribution in [2.24, 2.45) is 10.2 Å². The van der Waals surface area contributed by atoms with E-state index < -0.39 is 0 Å². The van der Waals surface area contributed by atoms with E-state index in [4.69, 9.17) is 9.47 Å². The number of carbonyl (C=O) groups excluding carboxylic acids is 2. The number of hydrogen-bond acceptors (Lipinski definition) is 6. The first kappa shape index (κ1) is 23.6. The fourth-order valence-electron chi connectivity index (χ4n) is 3.27. The van der Waals surface area contributed by atoms with Gasteiger partial charge < -0.3 is 9.47 Å². The lowest BCUT2D eigenvalue weighted by Crippen LogP contribution is -2.08. The van der Waals surface area contributed by atoms with Crippen LogP contribution in [0.2, 0.25) is 0 Å². The van der Waals surface area contributed by atoms with Crippen LogP contribution in [0.1, 0.15) is 38.8 Å². The molecule has 0 unspecified atom stereocenters. The summed E-state index contributed by atoms with van der Waals surface area (Å²) in [7, 11) is 0. The minimum Gasteiger partial charge on any atom is -0.458 e. The molecule has 0 fully saturated rings. The smallest absolute Gasteiger partial charge is 0.230 e. The Balaban J connectivity index is 1.39. The number of rotatable bonds is 9. The lowest BCUT2D eigenvalue weighted by Gasteiger charge is -2.11. The highest BCUT2D eigenvalue weighted by Gasteiger charge is 2.13. The third-order valence-electron chi connectivity index (χ3n) is 5.21. The molecule has 0 saturated heterocycles. The summed E-state index contributed by atoms with van der Waals surface area (Å²) in [4.78, 5) is 24.8. The van der Waals surface area contributed by atoms with E-state index in [2.05, 4.69) is 10.2 Å². The normalized spacial score (nSPS) is 10.8. The molecule has 0 radical (unpaired) electrons. The Morgan fingerprint density at radius 2 is 1.23 bits per heavy atom. The van der Waals surface area contributed by atoms with E-state index in [1.165, 1.54) is 12.5 Å². The van der Waals surface area contributed by atoms with Gasteiger partial charge in [0, 0.05) is 16.7 Å². The number of aryl methyl sites for hydroxylation is 1. The summed E-state index contributed by atoms with van der Waals surface area (Å²) < 4.78 is 11.4. The first-order valence-corrected chi connectivity index (χ1v) is 11.1. The third-order valence-corrected chi connectivity index (χ3v) is 5.21. The second-order valence-corrected chi connectivity index (χ2v) is 7.93. The van der Waals surface area contributed by atoms with E-state index in [1.807, 2.05) is 37.3 Å². The van der Waals surface area contributed by atoms with E-state index in [9.17, 15) is 9.59 Å². The Kier molecular flexibility index (Phi) is 7.43. The molecule has 35 heavy (non-hydrogen) atoms. The summed E-state index contributed by atoms with van der Waals surface area (Å²) in [6.07, 6.45) is 0. The molecular formula is C29H24N2O4. The maximum absolute atomic E-state index is 12.8. The summed E-state index contributed by atoms with van der Waals surface area (Å²) in [5.41, 5.74) is 3.95. The maximum atomic E-state index is 12.8. The van der Waals surface area contributed by atoms with Crippen LogP contribution < -0.4 is 9.47 Å². The van der Waals surface area contributed by atoms with Gasteiger partial charge in [0.2, 0.25) is 6.79 Å². The van der Waals surface area contributed by atoms with Gasteiger partial charge in [0.15, 0.2) is 11.6 Å². The zero-order valence-corrected chi connectivity index (χ0v) is 19.5. The van der Waals surface area contributed by atoms with Crippen LogP contribution in [-0.4, -0.2) is 18.4 Å². The zero-order valence-electron chi connectivity index (χ0n) is 19.5. The number of ether oxygens (including phenoxy) is 2. The molecule has 4 aromatic carbocycles. The fraction of sp³-hybridized carbons (Fsp3) is 0.103. The van der Waals surface area contributed by atoms with E-state index in [1.54, 1.807) is 66.7 Å². The molecule has 4 rings (SSSR count). The number of Topliss-reactive ketones (excluding diaryl/α,β-unsaturated/α-hetero) is 1. The van der Waals surface area contributed by atoms with Gasteiger partial charge in [-0.1, -0.05) is 48.0 Å². The zero-order chi connectivity index (χ0) is 24.6. The fourth-order valence-corrected chi connectivity index (χ4v) is 3.27. The van der Waals surface area contributed by atoms with Crippen LogP contribution in [0.5, 0.6) is 11.5 Å². The number of azo groups is 1. The Bertz CT molecular complexity index is 1350. The minimum atomic E-state index is -0.185. The average molecular weight is 465 g/mol. The largest absolute Gasteiger partial charge is 0.458 e. The molecule has 0 aliphatic carbocycles. The Morgan fingerprint density at radius 1 is 0.657 bits per heavy atom. The molecule has 0 spiro atoms. The van der Waals surface area contributed by atoms with Crippen molar-refractivity contribution in [1.82, 2.24) is 0 Å². The standard InChI is InChI=1S/C29H24N2O4/c1-20-8-10-25(11-9-20)30-31-26-12-14-27(15-13-26)34-19-35-28-17-23(21(2)32)16-24(18-28)29(33)22-6-4-3-5-7-22/h3-18H,19H2,1-2H3. The highest BCUT2D eigenvalue weighted by Crippen LogP contribution is 2.23. The number of ketones is 2. The van der Waals surface area contributed by atoms with Crippen molar-refractivity contribution in [3.63, 3.8) is 0 Å². The number of benzene rings is 4. The molecule has 174 valence electrons. The molecule has 0 aromatic heterocycles. The lowest BCUT2D eigenvalue weighted by atomic mass is 10.00. The van der Waals surface area contributed by atoms with Gasteiger partial charge in [0.05, 0.1) is 11.4 Å². The van der Waals surface area contributed by atoms with Gasteiger partial charge in [-0.25, -0.2) is 0 Å². The number of hydrogen-bond donors (Lipinski definition) is 0. The van der Waals surface area contributed by atoms with E-state index in [0.717, 1.165) is 5.69 Å². The van der Waals surface area contributed by atoms with Crippen LogP contribution >= 0.6 is 0 Å². The van der Waals surface area contributed by atoms with Crippen LogP contribution in [0.3, 0.4) is 0 Å².